The van der Waals surface area contributed by atoms with Crippen LogP contribution in [0.15, 0.2) is 4.52 Å². The van der Waals surface area contributed by atoms with E-state index >= 15 is 8.78 Å². The first-order valence-corrected chi connectivity index (χ1v) is 13.1. The standard InChI is InChI=1S/C24H36F2N6O2/c1-14(2)30-8-10-31(11-9-30)18-4-3-7-24(25,26)20(18)27-23(33)32-12-16-17(13-32)19(16)21-28-22(34-29-21)15-5-6-15/h14-20H,3-13H2,1-2H3,(H,27,33)/t16-,17+,18-,19+,20+/m0/s1. The number of aromatic nitrogens is 2. The summed E-state index contributed by atoms with van der Waals surface area (Å²) in [7, 11) is 0. The second-order valence-electron chi connectivity index (χ2n) is 11.3. The van der Waals surface area contributed by atoms with E-state index in [9.17, 15) is 4.79 Å². The van der Waals surface area contributed by atoms with E-state index in [0.29, 0.717) is 49.7 Å². The van der Waals surface area contributed by atoms with Gasteiger partial charge in [-0.2, -0.15) is 4.98 Å². The van der Waals surface area contributed by atoms with Gasteiger partial charge in [0, 0.05) is 69.6 Å². The van der Waals surface area contributed by atoms with Gasteiger partial charge in [0.05, 0.1) is 0 Å². The first-order valence-electron chi connectivity index (χ1n) is 13.1. The van der Waals surface area contributed by atoms with Crippen LogP contribution in [0.2, 0.25) is 0 Å². The number of hydrogen-bond donors (Lipinski definition) is 1. The quantitative estimate of drug-likeness (QED) is 0.701. The normalized spacial score (nSPS) is 36.0. The van der Waals surface area contributed by atoms with Crippen LogP contribution < -0.4 is 5.32 Å². The van der Waals surface area contributed by atoms with Gasteiger partial charge in [-0.1, -0.05) is 5.16 Å². The Labute approximate surface area is 199 Å². The first-order chi connectivity index (χ1) is 16.3. The van der Waals surface area contributed by atoms with Gasteiger partial charge in [0.1, 0.15) is 6.04 Å². The number of halogens is 2. The van der Waals surface area contributed by atoms with Crippen molar-refractivity contribution in [3.8, 4) is 0 Å². The molecule has 2 amide bonds. The Balaban J connectivity index is 1.07. The van der Waals surface area contributed by atoms with Crippen molar-refractivity contribution in [1.29, 1.82) is 0 Å². The molecule has 6 rings (SSSR count). The monoisotopic (exact) mass is 478 g/mol. The fraction of sp³-hybridized carbons (Fsp3) is 0.875. The summed E-state index contributed by atoms with van der Waals surface area (Å²) in [4.78, 5) is 23.9. The Morgan fingerprint density at radius 2 is 1.82 bits per heavy atom. The molecule has 5 fully saturated rings. The zero-order valence-corrected chi connectivity index (χ0v) is 20.1. The lowest BCUT2D eigenvalue weighted by atomic mass is 9.85. The predicted molar refractivity (Wildman–Crippen MR) is 121 cm³/mol. The van der Waals surface area contributed by atoms with Crippen molar-refractivity contribution in [2.24, 2.45) is 11.8 Å². The largest absolute Gasteiger partial charge is 0.339 e. The summed E-state index contributed by atoms with van der Waals surface area (Å²) in [6.45, 7) is 8.80. The molecule has 5 aliphatic rings. The van der Waals surface area contributed by atoms with Crippen molar-refractivity contribution >= 4 is 6.03 Å². The minimum atomic E-state index is -2.89. The molecule has 0 unspecified atom stereocenters. The summed E-state index contributed by atoms with van der Waals surface area (Å²) < 4.78 is 35.5. The van der Waals surface area contributed by atoms with E-state index in [1.54, 1.807) is 4.90 Å². The Kier molecular flexibility index (Phi) is 5.59. The Morgan fingerprint density at radius 3 is 2.47 bits per heavy atom. The van der Waals surface area contributed by atoms with Crippen LogP contribution >= 0.6 is 0 Å². The number of carbonyl (C=O) groups is 1. The molecule has 10 heteroatoms. The molecule has 3 aliphatic carbocycles. The molecular formula is C24H36F2N6O2. The second-order valence-corrected chi connectivity index (χ2v) is 11.3. The summed E-state index contributed by atoms with van der Waals surface area (Å²) in [5.41, 5.74) is 0. The summed E-state index contributed by atoms with van der Waals surface area (Å²) in [6, 6.07) is -1.34. The maximum absolute atomic E-state index is 15.1. The van der Waals surface area contributed by atoms with E-state index in [0.717, 1.165) is 50.7 Å². The highest BCUT2D eigenvalue weighted by Crippen LogP contribution is 2.57. The van der Waals surface area contributed by atoms with Crippen LogP contribution in [0.5, 0.6) is 0 Å². The zero-order valence-electron chi connectivity index (χ0n) is 20.1. The highest BCUT2D eigenvalue weighted by Gasteiger charge is 2.60. The van der Waals surface area contributed by atoms with Crippen LogP contribution in [0, 0.1) is 11.8 Å². The van der Waals surface area contributed by atoms with Gasteiger partial charge in [-0.25, -0.2) is 13.6 Å². The number of hydrogen-bond acceptors (Lipinski definition) is 6. The molecule has 1 aromatic rings. The molecule has 3 saturated carbocycles. The van der Waals surface area contributed by atoms with Crippen molar-refractivity contribution in [3.05, 3.63) is 11.7 Å². The van der Waals surface area contributed by atoms with Gasteiger partial charge in [0.25, 0.3) is 5.92 Å². The van der Waals surface area contributed by atoms with Crippen LogP contribution in [0.25, 0.3) is 0 Å². The molecule has 5 atom stereocenters. The zero-order chi connectivity index (χ0) is 23.6. The first kappa shape index (κ1) is 22.6. The molecule has 34 heavy (non-hydrogen) atoms. The molecule has 0 radical (unpaired) electrons. The third-order valence-electron chi connectivity index (χ3n) is 8.84. The van der Waals surface area contributed by atoms with Gasteiger partial charge in [-0.05, 0) is 51.4 Å². The van der Waals surface area contributed by atoms with Gasteiger partial charge in [-0.3, -0.25) is 9.80 Å². The van der Waals surface area contributed by atoms with E-state index in [-0.39, 0.29) is 24.4 Å². The molecule has 0 spiro atoms. The molecule has 2 aliphatic heterocycles. The van der Waals surface area contributed by atoms with Crippen molar-refractivity contribution in [3.63, 3.8) is 0 Å². The Bertz CT molecular complexity index is 901. The minimum absolute atomic E-state index is 0.158. The number of amides is 2. The molecular weight excluding hydrogens is 442 g/mol. The number of piperazine rings is 1. The highest BCUT2D eigenvalue weighted by molar-refractivity contribution is 5.75. The average molecular weight is 479 g/mol. The summed E-state index contributed by atoms with van der Waals surface area (Å²) in [6.07, 6.45) is 3.28. The van der Waals surface area contributed by atoms with Gasteiger partial charge >= 0.3 is 6.03 Å². The van der Waals surface area contributed by atoms with Crippen molar-refractivity contribution in [2.75, 3.05) is 39.3 Å². The lowest BCUT2D eigenvalue weighted by Gasteiger charge is -2.47. The number of nitrogens with one attached hydrogen (secondary N) is 1. The SMILES string of the molecule is CC(C)N1CCN([C@H]2CCCC(F)(F)[C@@H]2NC(=O)N2C[C@@H]3[C@H](C2)[C@H]3c2noc(C3CC3)n2)CC1. The number of alkyl halides is 2. The molecule has 8 nitrogen and oxygen atoms in total. The highest BCUT2D eigenvalue weighted by atomic mass is 19.3. The van der Waals surface area contributed by atoms with Crippen LogP contribution in [-0.2, 0) is 0 Å². The summed E-state index contributed by atoms with van der Waals surface area (Å²) >= 11 is 0. The lowest BCUT2D eigenvalue weighted by Crippen LogP contribution is -2.65. The molecule has 1 aromatic heterocycles. The number of rotatable bonds is 5. The van der Waals surface area contributed by atoms with Crippen LogP contribution in [0.4, 0.5) is 13.6 Å². The number of nitrogens with zero attached hydrogens (tertiary/aromatic N) is 5. The topological polar surface area (TPSA) is 77.7 Å². The van der Waals surface area contributed by atoms with E-state index in [1.807, 2.05) is 0 Å². The van der Waals surface area contributed by atoms with Gasteiger partial charge in [-0.15, -0.1) is 0 Å². The predicted octanol–water partition coefficient (Wildman–Crippen LogP) is 2.88. The number of urea groups is 1. The van der Waals surface area contributed by atoms with Crippen LogP contribution in [0.1, 0.15) is 69.5 Å². The van der Waals surface area contributed by atoms with Gasteiger partial charge in [0.15, 0.2) is 5.82 Å². The third kappa shape index (κ3) is 4.10. The maximum atomic E-state index is 15.1. The van der Waals surface area contributed by atoms with E-state index in [1.165, 1.54) is 0 Å². The number of fused-ring (bicyclic) bond motifs is 1. The van der Waals surface area contributed by atoms with E-state index in [2.05, 4.69) is 39.1 Å². The lowest BCUT2D eigenvalue weighted by molar-refractivity contribution is -0.0971. The summed E-state index contributed by atoms with van der Waals surface area (Å²) in [5.74, 6) is -0.0971. The third-order valence-corrected chi connectivity index (χ3v) is 8.84. The van der Waals surface area contributed by atoms with Gasteiger partial charge in [0.2, 0.25) is 5.89 Å². The van der Waals surface area contributed by atoms with Crippen LogP contribution in [0.3, 0.4) is 0 Å². The van der Waals surface area contributed by atoms with Crippen molar-refractivity contribution in [2.45, 2.75) is 81.8 Å². The molecule has 188 valence electrons. The second kappa shape index (κ2) is 8.40. The molecule has 0 aromatic carbocycles. The maximum Gasteiger partial charge on any atom is 0.317 e. The summed E-state index contributed by atoms with van der Waals surface area (Å²) in [5, 5.41) is 6.96. The molecule has 3 heterocycles. The number of likely N-dealkylation sites (tertiary alicyclic amines) is 1. The van der Waals surface area contributed by atoms with Crippen LogP contribution in [-0.4, -0.2) is 94.2 Å². The minimum Gasteiger partial charge on any atom is -0.339 e. The molecule has 0 bridgehead atoms. The average Bonchev–Trinajstić information content (AvgIpc) is 3.68. The van der Waals surface area contributed by atoms with Gasteiger partial charge < -0.3 is 14.7 Å². The molecule has 2 saturated heterocycles. The fourth-order valence-electron chi connectivity index (χ4n) is 6.51. The van der Waals surface area contributed by atoms with Crippen molar-refractivity contribution in [1.82, 2.24) is 30.2 Å². The number of carbonyl (C=O) groups excluding carboxylic acids is 1. The van der Waals surface area contributed by atoms with E-state index in [4.69, 9.17) is 4.52 Å². The Hall–Kier alpha value is -1.81. The van der Waals surface area contributed by atoms with Crippen molar-refractivity contribution < 1.29 is 18.1 Å². The number of piperidine rings is 1. The Morgan fingerprint density at radius 1 is 1.12 bits per heavy atom. The smallest absolute Gasteiger partial charge is 0.317 e. The fourth-order valence-corrected chi connectivity index (χ4v) is 6.51. The van der Waals surface area contributed by atoms with E-state index < -0.39 is 12.0 Å². The molecule has 1 N–H and O–H groups in total.